The summed E-state index contributed by atoms with van der Waals surface area (Å²) in [6.07, 6.45) is 0.417. The van der Waals surface area contributed by atoms with Crippen LogP contribution < -0.4 is 5.32 Å². The number of carbonyl (C=O) groups excluding carboxylic acids is 1. The molecule has 0 radical (unpaired) electrons. The van der Waals surface area contributed by atoms with Crippen molar-refractivity contribution in [3.63, 3.8) is 0 Å². The van der Waals surface area contributed by atoms with Crippen LogP contribution in [0.15, 0.2) is 72.8 Å². The molecule has 0 unspecified atom stereocenters. The van der Waals surface area contributed by atoms with Crippen LogP contribution in [0.5, 0.6) is 0 Å². The Labute approximate surface area is 155 Å². The third-order valence-corrected chi connectivity index (χ3v) is 4.68. The fraction of sp³-hybridized carbons (Fsp3) is 0.208. The zero-order valence-corrected chi connectivity index (χ0v) is 15.6. The maximum Gasteiger partial charge on any atom is 0.225 e. The summed E-state index contributed by atoms with van der Waals surface area (Å²) in [6, 6.07) is 24.8. The quantitative estimate of drug-likeness (QED) is 0.626. The average Bonchev–Trinajstić information content (AvgIpc) is 2.63. The summed E-state index contributed by atoms with van der Waals surface area (Å²) in [5, 5.41) is 3.02. The predicted molar refractivity (Wildman–Crippen MR) is 109 cm³/mol. The minimum atomic E-state index is 0.0278. The fourth-order valence-electron chi connectivity index (χ4n) is 3.06. The Balaban J connectivity index is 1.83. The van der Waals surface area contributed by atoms with Gasteiger partial charge in [-0.1, -0.05) is 77.4 Å². The molecule has 0 aromatic heterocycles. The fourth-order valence-corrected chi connectivity index (χ4v) is 3.06. The third kappa shape index (κ3) is 4.60. The van der Waals surface area contributed by atoms with Crippen molar-refractivity contribution in [2.75, 3.05) is 5.32 Å². The minimum absolute atomic E-state index is 0.0278. The van der Waals surface area contributed by atoms with E-state index in [0.29, 0.717) is 6.42 Å². The third-order valence-electron chi connectivity index (χ3n) is 4.68. The normalized spacial score (nSPS) is 10.8. The Kier molecular flexibility index (Phi) is 5.52. The number of nitrogens with one attached hydrogen (secondary N) is 1. The molecule has 0 saturated carbocycles. The molecular weight excluding hydrogens is 318 g/mol. The van der Waals surface area contributed by atoms with Crippen LogP contribution in [0.4, 0.5) is 5.69 Å². The SMILES string of the molecule is Cc1ccc(NC(=O)CC(c2ccc(C)cc2)c2ccc(C)cc2)cc1. The van der Waals surface area contributed by atoms with Gasteiger partial charge >= 0.3 is 0 Å². The molecule has 0 bridgehead atoms. The number of rotatable bonds is 5. The van der Waals surface area contributed by atoms with Gasteiger partial charge in [-0.05, 0) is 44.0 Å². The maximum absolute atomic E-state index is 12.7. The van der Waals surface area contributed by atoms with Crippen LogP contribution in [0.2, 0.25) is 0 Å². The second-order valence-electron chi connectivity index (χ2n) is 6.99. The summed E-state index contributed by atoms with van der Waals surface area (Å²) < 4.78 is 0. The van der Waals surface area contributed by atoms with E-state index in [4.69, 9.17) is 0 Å². The average molecular weight is 343 g/mol. The highest BCUT2D eigenvalue weighted by molar-refractivity contribution is 5.91. The Hall–Kier alpha value is -2.87. The lowest BCUT2D eigenvalue weighted by Crippen LogP contribution is -2.16. The topological polar surface area (TPSA) is 29.1 Å². The molecule has 1 amide bonds. The zero-order chi connectivity index (χ0) is 18.5. The van der Waals surface area contributed by atoms with Gasteiger partial charge in [0.15, 0.2) is 0 Å². The predicted octanol–water partition coefficient (Wildman–Crippen LogP) is 5.77. The van der Waals surface area contributed by atoms with Crippen molar-refractivity contribution in [1.29, 1.82) is 0 Å². The Morgan fingerprint density at radius 2 is 1.08 bits per heavy atom. The standard InChI is InChI=1S/C24H25NO/c1-17-4-10-20(11-5-17)23(21-12-6-18(2)7-13-21)16-24(26)25-22-14-8-19(3)9-15-22/h4-15,23H,16H2,1-3H3,(H,25,26). The van der Waals surface area contributed by atoms with E-state index in [0.717, 1.165) is 5.69 Å². The molecule has 0 atom stereocenters. The molecule has 1 N–H and O–H groups in total. The Morgan fingerprint density at radius 1 is 0.692 bits per heavy atom. The van der Waals surface area contributed by atoms with Gasteiger partial charge in [0.1, 0.15) is 0 Å². The lowest BCUT2D eigenvalue weighted by atomic mass is 9.87. The molecule has 0 saturated heterocycles. The van der Waals surface area contributed by atoms with E-state index in [1.165, 1.54) is 27.8 Å². The molecule has 2 heteroatoms. The molecule has 0 aliphatic carbocycles. The van der Waals surface area contributed by atoms with Crippen LogP contribution in [-0.2, 0) is 4.79 Å². The first-order chi connectivity index (χ1) is 12.5. The van der Waals surface area contributed by atoms with Gasteiger partial charge < -0.3 is 5.32 Å². The van der Waals surface area contributed by atoms with Crippen molar-refractivity contribution in [2.45, 2.75) is 33.1 Å². The van der Waals surface area contributed by atoms with Crippen molar-refractivity contribution in [2.24, 2.45) is 0 Å². The van der Waals surface area contributed by atoms with Crippen LogP contribution >= 0.6 is 0 Å². The van der Waals surface area contributed by atoms with Crippen LogP contribution in [0.3, 0.4) is 0 Å². The molecule has 3 aromatic carbocycles. The number of carbonyl (C=O) groups is 1. The molecule has 0 fully saturated rings. The van der Waals surface area contributed by atoms with Crippen molar-refractivity contribution in [3.8, 4) is 0 Å². The highest BCUT2D eigenvalue weighted by Gasteiger charge is 2.18. The van der Waals surface area contributed by atoms with E-state index in [1.807, 2.05) is 31.2 Å². The van der Waals surface area contributed by atoms with E-state index in [2.05, 4.69) is 67.7 Å². The number of hydrogen-bond donors (Lipinski definition) is 1. The van der Waals surface area contributed by atoms with E-state index in [1.54, 1.807) is 0 Å². The zero-order valence-electron chi connectivity index (χ0n) is 15.6. The first kappa shape index (κ1) is 17.9. The van der Waals surface area contributed by atoms with Gasteiger partial charge in [0.05, 0.1) is 0 Å². The summed E-state index contributed by atoms with van der Waals surface area (Å²) in [5.41, 5.74) is 6.80. The maximum atomic E-state index is 12.7. The molecule has 3 aromatic rings. The van der Waals surface area contributed by atoms with Gasteiger partial charge in [-0.2, -0.15) is 0 Å². The molecule has 0 aliphatic heterocycles. The first-order valence-corrected chi connectivity index (χ1v) is 9.01. The number of hydrogen-bond acceptors (Lipinski definition) is 1. The van der Waals surface area contributed by atoms with E-state index in [-0.39, 0.29) is 11.8 Å². The summed E-state index contributed by atoms with van der Waals surface area (Å²) in [6.45, 7) is 6.19. The summed E-state index contributed by atoms with van der Waals surface area (Å²) in [4.78, 5) is 12.7. The number of anilines is 1. The lowest BCUT2D eigenvalue weighted by Gasteiger charge is -2.18. The molecule has 0 heterocycles. The largest absolute Gasteiger partial charge is 0.326 e. The smallest absolute Gasteiger partial charge is 0.225 e. The van der Waals surface area contributed by atoms with Crippen LogP contribution in [0.1, 0.15) is 40.2 Å². The molecule has 0 aliphatic rings. The van der Waals surface area contributed by atoms with Crippen molar-refractivity contribution in [1.82, 2.24) is 0 Å². The number of amides is 1. The van der Waals surface area contributed by atoms with Gasteiger partial charge in [-0.15, -0.1) is 0 Å². The molecule has 3 rings (SSSR count). The van der Waals surface area contributed by atoms with Crippen LogP contribution in [0, 0.1) is 20.8 Å². The van der Waals surface area contributed by atoms with E-state index >= 15 is 0 Å². The van der Waals surface area contributed by atoms with Crippen molar-refractivity contribution in [3.05, 3.63) is 101 Å². The van der Waals surface area contributed by atoms with Gasteiger partial charge in [-0.3, -0.25) is 4.79 Å². The summed E-state index contributed by atoms with van der Waals surface area (Å²) in [5.74, 6) is 0.0710. The molecule has 26 heavy (non-hydrogen) atoms. The second-order valence-corrected chi connectivity index (χ2v) is 6.99. The number of aryl methyl sites for hydroxylation is 3. The molecule has 132 valence electrons. The van der Waals surface area contributed by atoms with Gasteiger partial charge in [0.2, 0.25) is 5.91 Å². The highest BCUT2D eigenvalue weighted by atomic mass is 16.1. The highest BCUT2D eigenvalue weighted by Crippen LogP contribution is 2.29. The van der Waals surface area contributed by atoms with E-state index < -0.39 is 0 Å². The van der Waals surface area contributed by atoms with Crippen molar-refractivity contribution >= 4 is 11.6 Å². The lowest BCUT2D eigenvalue weighted by molar-refractivity contribution is -0.116. The van der Waals surface area contributed by atoms with Gasteiger partial charge in [0, 0.05) is 18.0 Å². The molecule has 2 nitrogen and oxygen atoms in total. The van der Waals surface area contributed by atoms with Crippen molar-refractivity contribution < 1.29 is 4.79 Å². The molecular formula is C24H25NO. The summed E-state index contributed by atoms with van der Waals surface area (Å²) in [7, 11) is 0. The molecule has 0 spiro atoms. The minimum Gasteiger partial charge on any atom is -0.326 e. The van der Waals surface area contributed by atoms with E-state index in [9.17, 15) is 4.79 Å². The van der Waals surface area contributed by atoms with Crippen LogP contribution in [0.25, 0.3) is 0 Å². The van der Waals surface area contributed by atoms with Gasteiger partial charge in [0.25, 0.3) is 0 Å². The Bertz CT molecular complexity index is 816. The van der Waals surface area contributed by atoms with Crippen LogP contribution in [-0.4, -0.2) is 5.91 Å². The second kappa shape index (κ2) is 8.01. The number of benzene rings is 3. The Morgan fingerprint density at radius 3 is 1.50 bits per heavy atom. The monoisotopic (exact) mass is 343 g/mol. The first-order valence-electron chi connectivity index (χ1n) is 9.01. The van der Waals surface area contributed by atoms with Gasteiger partial charge in [-0.25, -0.2) is 0 Å². The summed E-state index contributed by atoms with van der Waals surface area (Å²) >= 11 is 0.